The van der Waals surface area contributed by atoms with Crippen LogP contribution in [0.1, 0.15) is 17.2 Å². The summed E-state index contributed by atoms with van der Waals surface area (Å²) in [5, 5.41) is 11.8. The first kappa shape index (κ1) is 16.5. The molecule has 2 atom stereocenters. The summed E-state index contributed by atoms with van der Waals surface area (Å²) in [5.74, 6) is -1.11. The summed E-state index contributed by atoms with van der Waals surface area (Å²) in [6, 6.07) is 13.4. The van der Waals surface area contributed by atoms with Gasteiger partial charge in [-0.15, -0.1) is 0 Å². The van der Waals surface area contributed by atoms with Crippen LogP contribution in [-0.4, -0.2) is 23.0 Å². The molecule has 0 fully saturated rings. The first-order chi connectivity index (χ1) is 11.0. The molecule has 2 aromatic rings. The number of amides is 2. The molecule has 0 bridgehead atoms. The smallest absolute Gasteiger partial charge is 0.244 e. The van der Waals surface area contributed by atoms with Crippen molar-refractivity contribution in [3.63, 3.8) is 0 Å². The molecule has 6 heteroatoms. The second-order valence-corrected chi connectivity index (χ2v) is 5.23. The number of benzene rings is 2. The van der Waals surface area contributed by atoms with Gasteiger partial charge in [0.25, 0.3) is 0 Å². The molecule has 6 nitrogen and oxygen atoms in total. The number of nitrogens with two attached hydrogens (primary N) is 2. The van der Waals surface area contributed by atoms with Crippen molar-refractivity contribution in [3.8, 4) is 5.75 Å². The van der Waals surface area contributed by atoms with Gasteiger partial charge in [-0.05, 0) is 29.7 Å². The van der Waals surface area contributed by atoms with E-state index in [4.69, 9.17) is 11.5 Å². The molecule has 6 N–H and O–H groups in total. The number of rotatable bonds is 6. The van der Waals surface area contributed by atoms with Crippen LogP contribution in [-0.2, 0) is 16.0 Å². The van der Waals surface area contributed by atoms with Crippen molar-refractivity contribution in [1.82, 2.24) is 5.32 Å². The number of phenolic OH excluding ortho intramolecular Hbond substituents is 1. The summed E-state index contributed by atoms with van der Waals surface area (Å²) in [4.78, 5) is 23.8. The number of hydrogen-bond acceptors (Lipinski definition) is 4. The normalized spacial score (nSPS) is 13.1. The number of carbonyl (C=O) groups is 2. The van der Waals surface area contributed by atoms with Crippen LogP contribution in [0.2, 0.25) is 0 Å². The maximum absolute atomic E-state index is 12.2. The number of phenols is 1. The minimum atomic E-state index is -0.995. The molecule has 0 saturated carbocycles. The standard InChI is InChI=1S/C17H19N3O3/c18-14(10-11-4-2-1-3-5-11)17(23)20-15(16(19)22)12-6-8-13(21)9-7-12/h1-9,14-15,21H,10,18H2,(H2,19,22)(H,20,23)/t14-,15?/m0/s1. The Kier molecular flexibility index (Phi) is 5.32. The van der Waals surface area contributed by atoms with E-state index in [1.807, 2.05) is 30.3 Å². The summed E-state index contributed by atoms with van der Waals surface area (Å²) in [6.45, 7) is 0. The lowest BCUT2D eigenvalue weighted by atomic mass is 10.0. The van der Waals surface area contributed by atoms with E-state index in [1.54, 1.807) is 0 Å². The number of aromatic hydroxyl groups is 1. The zero-order valence-electron chi connectivity index (χ0n) is 12.5. The van der Waals surface area contributed by atoms with Crippen LogP contribution in [0.25, 0.3) is 0 Å². The van der Waals surface area contributed by atoms with Crippen LogP contribution in [0, 0.1) is 0 Å². The van der Waals surface area contributed by atoms with Crippen molar-refractivity contribution in [2.45, 2.75) is 18.5 Å². The molecule has 1 unspecified atom stereocenters. The average Bonchev–Trinajstić information content (AvgIpc) is 2.54. The molecule has 23 heavy (non-hydrogen) atoms. The third-order valence-corrected chi connectivity index (χ3v) is 3.43. The molecule has 120 valence electrons. The molecular formula is C17H19N3O3. The first-order valence-corrected chi connectivity index (χ1v) is 7.15. The van der Waals surface area contributed by atoms with Gasteiger partial charge in [0.05, 0.1) is 6.04 Å². The predicted molar refractivity (Wildman–Crippen MR) is 86.3 cm³/mol. The summed E-state index contributed by atoms with van der Waals surface area (Å²) >= 11 is 0. The summed E-state index contributed by atoms with van der Waals surface area (Å²) in [6.07, 6.45) is 0.355. The molecule has 0 saturated heterocycles. The SMILES string of the molecule is NC(=O)C(NC(=O)[C@@H](N)Cc1ccccc1)c1ccc(O)cc1. The highest BCUT2D eigenvalue weighted by Crippen LogP contribution is 2.17. The van der Waals surface area contributed by atoms with E-state index in [-0.39, 0.29) is 5.75 Å². The van der Waals surface area contributed by atoms with Crippen LogP contribution < -0.4 is 16.8 Å². The van der Waals surface area contributed by atoms with E-state index in [0.717, 1.165) is 5.56 Å². The second-order valence-electron chi connectivity index (χ2n) is 5.23. The summed E-state index contributed by atoms with van der Waals surface area (Å²) < 4.78 is 0. The van der Waals surface area contributed by atoms with Gasteiger partial charge in [-0.2, -0.15) is 0 Å². The fourth-order valence-corrected chi connectivity index (χ4v) is 2.20. The van der Waals surface area contributed by atoms with Crippen molar-refractivity contribution in [3.05, 3.63) is 65.7 Å². The van der Waals surface area contributed by atoms with Crippen LogP contribution in [0.3, 0.4) is 0 Å². The topological polar surface area (TPSA) is 118 Å². The van der Waals surface area contributed by atoms with Gasteiger partial charge in [0.1, 0.15) is 11.8 Å². The van der Waals surface area contributed by atoms with Crippen molar-refractivity contribution >= 4 is 11.8 Å². The first-order valence-electron chi connectivity index (χ1n) is 7.15. The van der Waals surface area contributed by atoms with E-state index in [2.05, 4.69) is 5.32 Å². The van der Waals surface area contributed by atoms with Crippen molar-refractivity contribution in [2.75, 3.05) is 0 Å². The van der Waals surface area contributed by atoms with Gasteiger partial charge in [0, 0.05) is 0 Å². The van der Waals surface area contributed by atoms with Gasteiger partial charge in [0.15, 0.2) is 0 Å². The molecular weight excluding hydrogens is 294 g/mol. The van der Waals surface area contributed by atoms with Crippen LogP contribution in [0.15, 0.2) is 54.6 Å². The number of hydrogen-bond donors (Lipinski definition) is 4. The fourth-order valence-electron chi connectivity index (χ4n) is 2.20. The van der Waals surface area contributed by atoms with Gasteiger partial charge < -0.3 is 21.9 Å². The monoisotopic (exact) mass is 313 g/mol. The fraction of sp³-hybridized carbons (Fsp3) is 0.176. The second kappa shape index (κ2) is 7.42. The van der Waals surface area contributed by atoms with Crippen molar-refractivity contribution in [1.29, 1.82) is 0 Å². The van der Waals surface area contributed by atoms with E-state index in [0.29, 0.717) is 12.0 Å². The molecule has 2 aromatic carbocycles. The van der Waals surface area contributed by atoms with Gasteiger partial charge >= 0.3 is 0 Å². The predicted octanol–water partition coefficient (Wildman–Crippen LogP) is 0.605. The molecule has 0 spiro atoms. The minimum Gasteiger partial charge on any atom is -0.508 e. The molecule has 2 amide bonds. The molecule has 0 aliphatic rings. The van der Waals surface area contributed by atoms with Crippen LogP contribution >= 0.6 is 0 Å². The van der Waals surface area contributed by atoms with Crippen LogP contribution in [0.5, 0.6) is 5.75 Å². The molecule has 2 rings (SSSR count). The lowest BCUT2D eigenvalue weighted by Crippen LogP contribution is -2.46. The van der Waals surface area contributed by atoms with Gasteiger partial charge in [-0.1, -0.05) is 42.5 Å². The Morgan fingerprint density at radius 2 is 1.65 bits per heavy atom. The highest BCUT2D eigenvalue weighted by molar-refractivity contribution is 5.89. The average molecular weight is 313 g/mol. The molecule has 0 heterocycles. The third-order valence-electron chi connectivity index (χ3n) is 3.43. The third kappa shape index (κ3) is 4.55. The Balaban J connectivity index is 2.06. The quantitative estimate of drug-likeness (QED) is 0.624. The van der Waals surface area contributed by atoms with Gasteiger partial charge in [-0.25, -0.2) is 0 Å². The molecule has 0 aromatic heterocycles. The maximum atomic E-state index is 12.2. The number of nitrogens with one attached hydrogen (secondary N) is 1. The van der Waals surface area contributed by atoms with Gasteiger partial charge in [-0.3, -0.25) is 9.59 Å². The lowest BCUT2D eigenvalue weighted by molar-refractivity contribution is -0.128. The zero-order chi connectivity index (χ0) is 16.8. The number of primary amides is 1. The Labute approximate surface area is 134 Å². The largest absolute Gasteiger partial charge is 0.508 e. The highest BCUT2D eigenvalue weighted by Gasteiger charge is 2.23. The Bertz CT molecular complexity index is 671. The molecule has 0 aliphatic carbocycles. The van der Waals surface area contributed by atoms with E-state index in [9.17, 15) is 14.7 Å². The Hall–Kier alpha value is -2.86. The lowest BCUT2D eigenvalue weighted by Gasteiger charge is -2.19. The van der Waals surface area contributed by atoms with Gasteiger partial charge in [0.2, 0.25) is 11.8 Å². The summed E-state index contributed by atoms with van der Waals surface area (Å²) in [5.41, 5.74) is 12.7. The molecule has 0 aliphatic heterocycles. The van der Waals surface area contributed by atoms with Crippen molar-refractivity contribution in [2.24, 2.45) is 11.5 Å². The maximum Gasteiger partial charge on any atom is 0.244 e. The van der Waals surface area contributed by atoms with E-state index in [1.165, 1.54) is 24.3 Å². The zero-order valence-corrected chi connectivity index (χ0v) is 12.5. The van der Waals surface area contributed by atoms with E-state index >= 15 is 0 Å². The van der Waals surface area contributed by atoms with Crippen molar-refractivity contribution < 1.29 is 14.7 Å². The highest BCUT2D eigenvalue weighted by atomic mass is 16.3. The Morgan fingerprint density at radius 1 is 1.04 bits per heavy atom. The van der Waals surface area contributed by atoms with Crippen LogP contribution in [0.4, 0.5) is 0 Å². The summed E-state index contributed by atoms with van der Waals surface area (Å²) in [7, 11) is 0. The molecule has 0 radical (unpaired) electrons. The minimum absolute atomic E-state index is 0.0593. The number of carbonyl (C=O) groups excluding carboxylic acids is 2. The Morgan fingerprint density at radius 3 is 2.22 bits per heavy atom. The van der Waals surface area contributed by atoms with E-state index < -0.39 is 23.9 Å².